The minimum absolute atomic E-state index is 0.0980. The third-order valence-electron chi connectivity index (χ3n) is 6.24. The summed E-state index contributed by atoms with van der Waals surface area (Å²) in [6.07, 6.45) is 7.43. The lowest BCUT2D eigenvalue weighted by Gasteiger charge is -2.34. The molecule has 0 amide bonds. The number of piperidine rings is 1. The van der Waals surface area contributed by atoms with Crippen molar-refractivity contribution in [3.63, 3.8) is 0 Å². The van der Waals surface area contributed by atoms with Gasteiger partial charge in [0.2, 0.25) is 0 Å². The summed E-state index contributed by atoms with van der Waals surface area (Å²) in [4.78, 5) is 19.2. The smallest absolute Gasteiger partial charge is 0.258 e. The molecule has 3 aromatic rings. The van der Waals surface area contributed by atoms with Crippen LogP contribution >= 0.6 is 11.6 Å². The van der Waals surface area contributed by atoms with E-state index in [2.05, 4.69) is 40.2 Å². The standard InChI is InChI=1S/C26H26ClN3O2/c1-17-14-26(31)30(18(2)28-17)21-7-9-25(24(27)16-21)29-12-10-22(11-13-29)32-23-8-6-19-4-3-5-20(19)15-23/h3-4,6-9,14-16,22H,5,10-13H2,1-2H3. The van der Waals surface area contributed by atoms with Crippen LogP contribution in [0, 0.1) is 13.8 Å². The highest BCUT2D eigenvalue weighted by Gasteiger charge is 2.23. The Bertz CT molecular complexity index is 1260. The number of benzene rings is 2. The third kappa shape index (κ3) is 4.05. The summed E-state index contributed by atoms with van der Waals surface area (Å²) in [7, 11) is 0. The summed E-state index contributed by atoms with van der Waals surface area (Å²) < 4.78 is 7.87. The molecular formula is C26H26ClN3O2. The number of halogens is 1. The highest BCUT2D eigenvalue weighted by Crippen LogP contribution is 2.32. The molecule has 0 spiro atoms. The first-order valence-corrected chi connectivity index (χ1v) is 11.4. The fourth-order valence-corrected chi connectivity index (χ4v) is 4.95. The van der Waals surface area contributed by atoms with Crippen LogP contribution in [0.2, 0.25) is 5.02 Å². The summed E-state index contributed by atoms with van der Waals surface area (Å²) in [5.74, 6) is 1.61. The number of nitrogens with zero attached hydrogens (tertiary/aromatic N) is 3. The fourth-order valence-electron chi connectivity index (χ4n) is 4.66. The van der Waals surface area contributed by atoms with Gasteiger partial charge >= 0.3 is 0 Å². The molecule has 2 aliphatic rings. The molecular weight excluding hydrogens is 422 g/mol. The van der Waals surface area contributed by atoms with Crippen molar-refractivity contribution in [1.82, 2.24) is 9.55 Å². The van der Waals surface area contributed by atoms with Crippen molar-refractivity contribution in [3.05, 3.63) is 86.6 Å². The van der Waals surface area contributed by atoms with Gasteiger partial charge in [0.05, 0.1) is 16.4 Å². The molecule has 1 aliphatic heterocycles. The number of allylic oxidation sites excluding steroid dienone is 1. The number of ether oxygens (including phenoxy) is 1. The van der Waals surface area contributed by atoms with Crippen LogP contribution in [0.3, 0.4) is 0 Å². The monoisotopic (exact) mass is 447 g/mol. The van der Waals surface area contributed by atoms with Gasteiger partial charge in [0.1, 0.15) is 17.7 Å². The predicted octanol–water partition coefficient (Wildman–Crippen LogP) is 5.12. The molecule has 0 atom stereocenters. The van der Waals surface area contributed by atoms with E-state index < -0.39 is 0 Å². The number of rotatable bonds is 4. The number of anilines is 1. The van der Waals surface area contributed by atoms with E-state index in [9.17, 15) is 4.79 Å². The second-order valence-electron chi connectivity index (χ2n) is 8.53. The molecule has 1 aliphatic carbocycles. The average molecular weight is 448 g/mol. The van der Waals surface area contributed by atoms with Gasteiger partial charge in [-0.3, -0.25) is 9.36 Å². The lowest BCUT2D eigenvalue weighted by Crippen LogP contribution is -2.38. The molecule has 0 unspecified atom stereocenters. The maximum Gasteiger partial charge on any atom is 0.258 e. The minimum atomic E-state index is -0.0980. The average Bonchev–Trinajstić information content (AvgIpc) is 3.22. The molecule has 5 rings (SSSR count). The second kappa shape index (κ2) is 8.47. The zero-order valence-corrected chi connectivity index (χ0v) is 19.1. The molecule has 164 valence electrons. The molecule has 1 saturated heterocycles. The van der Waals surface area contributed by atoms with Gasteiger partial charge in [-0.05, 0) is 61.7 Å². The van der Waals surface area contributed by atoms with Crippen molar-refractivity contribution < 1.29 is 4.74 Å². The van der Waals surface area contributed by atoms with Crippen molar-refractivity contribution in [2.75, 3.05) is 18.0 Å². The van der Waals surface area contributed by atoms with Crippen molar-refractivity contribution in [2.45, 2.75) is 39.2 Å². The van der Waals surface area contributed by atoms with Gasteiger partial charge in [0.15, 0.2) is 0 Å². The first-order chi connectivity index (χ1) is 15.5. The molecule has 6 heteroatoms. The van der Waals surface area contributed by atoms with Gasteiger partial charge in [-0.15, -0.1) is 0 Å². The zero-order chi connectivity index (χ0) is 22.2. The Balaban J connectivity index is 1.26. The highest BCUT2D eigenvalue weighted by molar-refractivity contribution is 6.33. The third-order valence-corrected chi connectivity index (χ3v) is 6.54. The lowest BCUT2D eigenvalue weighted by molar-refractivity contribution is 0.171. The Hall–Kier alpha value is -3.05. The molecule has 0 radical (unpaired) electrons. The van der Waals surface area contributed by atoms with Crippen LogP contribution in [0.5, 0.6) is 5.75 Å². The molecule has 0 bridgehead atoms. The fraction of sp³-hybridized carbons (Fsp3) is 0.308. The maximum atomic E-state index is 12.5. The van der Waals surface area contributed by atoms with Crippen molar-refractivity contribution in [1.29, 1.82) is 0 Å². The Morgan fingerprint density at radius 2 is 1.88 bits per heavy atom. The zero-order valence-electron chi connectivity index (χ0n) is 18.3. The highest BCUT2D eigenvalue weighted by atomic mass is 35.5. The number of aromatic nitrogens is 2. The van der Waals surface area contributed by atoms with Crippen LogP contribution in [0.25, 0.3) is 11.8 Å². The van der Waals surface area contributed by atoms with Crippen LogP contribution in [0.15, 0.2) is 53.3 Å². The molecule has 32 heavy (non-hydrogen) atoms. The topological polar surface area (TPSA) is 47.4 Å². The first-order valence-electron chi connectivity index (χ1n) is 11.1. The van der Waals surface area contributed by atoms with Crippen LogP contribution in [-0.4, -0.2) is 28.7 Å². The molecule has 2 heterocycles. The van der Waals surface area contributed by atoms with Crippen LogP contribution < -0.4 is 15.2 Å². The Morgan fingerprint density at radius 1 is 1.06 bits per heavy atom. The quantitative estimate of drug-likeness (QED) is 0.557. The Kier molecular flexibility index (Phi) is 5.51. The van der Waals surface area contributed by atoms with Gasteiger partial charge in [0, 0.05) is 37.7 Å². The normalized spacial score (nSPS) is 15.8. The van der Waals surface area contributed by atoms with E-state index in [0.29, 0.717) is 16.5 Å². The van der Waals surface area contributed by atoms with E-state index in [1.165, 1.54) is 17.2 Å². The van der Waals surface area contributed by atoms with Crippen LogP contribution in [-0.2, 0) is 6.42 Å². The number of aryl methyl sites for hydroxylation is 2. The van der Waals surface area contributed by atoms with E-state index in [-0.39, 0.29) is 11.7 Å². The number of hydrogen-bond donors (Lipinski definition) is 0. The molecule has 2 aromatic carbocycles. The largest absolute Gasteiger partial charge is 0.490 e. The molecule has 1 aromatic heterocycles. The molecule has 0 N–H and O–H groups in total. The summed E-state index contributed by atoms with van der Waals surface area (Å²) in [5.41, 5.74) is 4.97. The molecule has 1 fully saturated rings. The van der Waals surface area contributed by atoms with Gasteiger partial charge in [-0.2, -0.15) is 0 Å². The summed E-state index contributed by atoms with van der Waals surface area (Å²) in [6.45, 7) is 5.41. The lowest BCUT2D eigenvalue weighted by atomic mass is 10.1. The van der Waals surface area contributed by atoms with Crippen LogP contribution in [0.4, 0.5) is 5.69 Å². The number of fused-ring (bicyclic) bond motifs is 1. The summed E-state index contributed by atoms with van der Waals surface area (Å²) in [6, 6.07) is 13.7. The maximum absolute atomic E-state index is 12.5. The van der Waals surface area contributed by atoms with Crippen LogP contribution in [0.1, 0.15) is 35.5 Å². The van der Waals surface area contributed by atoms with Gasteiger partial charge in [-0.1, -0.05) is 29.8 Å². The molecule has 5 nitrogen and oxygen atoms in total. The van der Waals surface area contributed by atoms with E-state index in [1.54, 1.807) is 4.57 Å². The summed E-state index contributed by atoms with van der Waals surface area (Å²) in [5, 5.41) is 0.639. The SMILES string of the molecule is Cc1cc(=O)n(-c2ccc(N3CCC(Oc4ccc5c(c4)CC=C5)CC3)c(Cl)c2)c(C)n1. The Labute approximate surface area is 192 Å². The Morgan fingerprint density at radius 3 is 2.62 bits per heavy atom. The van der Waals surface area contributed by atoms with Crippen molar-refractivity contribution in [2.24, 2.45) is 0 Å². The van der Waals surface area contributed by atoms with Gasteiger partial charge in [0.25, 0.3) is 5.56 Å². The second-order valence-corrected chi connectivity index (χ2v) is 8.93. The molecule has 0 saturated carbocycles. The van der Waals surface area contributed by atoms with E-state index in [0.717, 1.165) is 49.5 Å². The number of hydrogen-bond acceptors (Lipinski definition) is 4. The van der Waals surface area contributed by atoms with Crippen molar-refractivity contribution >= 4 is 23.4 Å². The van der Waals surface area contributed by atoms with E-state index in [4.69, 9.17) is 16.3 Å². The minimum Gasteiger partial charge on any atom is -0.490 e. The predicted molar refractivity (Wildman–Crippen MR) is 129 cm³/mol. The van der Waals surface area contributed by atoms with E-state index in [1.807, 2.05) is 32.0 Å². The summed E-state index contributed by atoms with van der Waals surface area (Å²) >= 11 is 6.65. The first kappa shape index (κ1) is 20.8. The van der Waals surface area contributed by atoms with E-state index >= 15 is 0 Å². The van der Waals surface area contributed by atoms with Gasteiger partial charge < -0.3 is 9.64 Å². The van der Waals surface area contributed by atoms with Gasteiger partial charge in [-0.25, -0.2) is 4.98 Å². The van der Waals surface area contributed by atoms with Crippen molar-refractivity contribution in [3.8, 4) is 11.4 Å².